The van der Waals surface area contributed by atoms with Gasteiger partial charge in [-0.15, -0.1) is 0 Å². The maximum absolute atomic E-state index is 6.23. The zero-order valence-electron chi connectivity index (χ0n) is 11.6. The maximum Gasteiger partial charge on any atom is 0.0751 e. The van der Waals surface area contributed by atoms with Crippen molar-refractivity contribution in [1.82, 2.24) is 10.3 Å². The average Bonchev–Trinajstić information content (AvgIpc) is 2.39. The van der Waals surface area contributed by atoms with E-state index in [1.807, 2.05) is 25.3 Å². The van der Waals surface area contributed by atoms with Crippen molar-refractivity contribution in [2.24, 2.45) is 0 Å². The first kappa shape index (κ1) is 14.0. The summed E-state index contributed by atoms with van der Waals surface area (Å²) in [7, 11) is 0. The van der Waals surface area contributed by atoms with E-state index in [1.54, 1.807) is 0 Å². The van der Waals surface area contributed by atoms with Crippen LogP contribution >= 0.6 is 11.6 Å². The summed E-state index contributed by atoms with van der Waals surface area (Å²) in [5, 5.41) is 4.27. The third-order valence-corrected chi connectivity index (χ3v) is 3.58. The van der Waals surface area contributed by atoms with Gasteiger partial charge in [-0.3, -0.25) is 4.98 Å². The molecule has 3 heteroatoms. The molecule has 1 aromatic carbocycles. The predicted molar refractivity (Wildman–Crippen MR) is 80.7 cm³/mol. The van der Waals surface area contributed by atoms with Crippen LogP contribution in [-0.2, 0) is 0 Å². The summed E-state index contributed by atoms with van der Waals surface area (Å²) in [5.74, 6) is 0. The van der Waals surface area contributed by atoms with Crippen molar-refractivity contribution in [3.63, 3.8) is 0 Å². The highest BCUT2D eigenvalue weighted by molar-refractivity contribution is 6.31. The van der Waals surface area contributed by atoms with Crippen LogP contribution in [0.3, 0.4) is 0 Å². The van der Waals surface area contributed by atoms with Crippen LogP contribution in [-0.4, -0.2) is 11.5 Å². The SMILES string of the molecule is CCNC(c1ccc(C)c(Cl)c1)c1cc(C)ccn1. The average molecular weight is 275 g/mol. The molecule has 0 aliphatic heterocycles. The van der Waals surface area contributed by atoms with Crippen molar-refractivity contribution in [2.75, 3.05) is 6.54 Å². The van der Waals surface area contributed by atoms with Gasteiger partial charge >= 0.3 is 0 Å². The van der Waals surface area contributed by atoms with Crippen molar-refractivity contribution in [2.45, 2.75) is 26.8 Å². The first-order valence-corrected chi connectivity index (χ1v) is 6.91. The Balaban J connectivity index is 2.42. The number of pyridine rings is 1. The lowest BCUT2D eigenvalue weighted by molar-refractivity contribution is 0.615. The number of nitrogens with one attached hydrogen (secondary N) is 1. The van der Waals surface area contributed by atoms with Gasteiger partial charge in [0.2, 0.25) is 0 Å². The quantitative estimate of drug-likeness (QED) is 0.910. The third-order valence-electron chi connectivity index (χ3n) is 3.17. The minimum atomic E-state index is 0.0861. The smallest absolute Gasteiger partial charge is 0.0751 e. The normalized spacial score (nSPS) is 12.4. The van der Waals surface area contributed by atoms with E-state index in [0.29, 0.717) is 0 Å². The molecule has 1 atom stereocenters. The molecule has 0 aliphatic carbocycles. The number of rotatable bonds is 4. The molecule has 100 valence electrons. The molecule has 0 fully saturated rings. The van der Waals surface area contributed by atoms with Gasteiger partial charge in [0.25, 0.3) is 0 Å². The van der Waals surface area contributed by atoms with E-state index in [0.717, 1.165) is 28.4 Å². The predicted octanol–water partition coefficient (Wildman–Crippen LogP) is 4.05. The van der Waals surface area contributed by atoms with Gasteiger partial charge in [0.05, 0.1) is 11.7 Å². The fourth-order valence-corrected chi connectivity index (χ4v) is 2.29. The molecule has 0 bridgehead atoms. The summed E-state index contributed by atoms with van der Waals surface area (Å²) in [5.41, 5.74) is 4.49. The van der Waals surface area contributed by atoms with E-state index in [4.69, 9.17) is 11.6 Å². The molecular weight excluding hydrogens is 256 g/mol. The number of hydrogen-bond donors (Lipinski definition) is 1. The molecule has 1 heterocycles. The maximum atomic E-state index is 6.23. The highest BCUT2D eigenvalue weighted by atomic mass is 35.5. The Kier molecular flexibility index (Phi) is 4.56. The van der Waals surface area contributed by atoms with Gasteiger partial charge in [0, 0.05) is 11.2 Å². The summed E-state index contributed by atoms with van der Waals surface area (Å²) >= 11 is 6.23. The Morgan fingerprint density at radius 3 is 2.63 bits per heavy atom. The van der Waals surface area contributed by atoms with Crippen LogP contribution in [0.15, 0.2) is 36.5 Å². The van der Waals surface area contributed by atoms with Crippen molar-refractivity contribution in [3.05, 3.63) is 63.9 Å². The van der Waals surface area contributed by atoms with Gasteiger partial charge in [0.15, 0.2) is 0 Å². The zero-order chi connectivity index (χ0) is 13.8. The fourth-order valence-electron chi connectivity index (χ4n) is 2.10. The van der Waals surface area contributed by atoms with Crippen molar-refractivity contribution in [3.8, 4) is 0 Å². The van der Waals surface area contributed by atoms with Crippen LogP contribution in [0.5, 0.6) is 0 Å². The Labute approximate surface area is 119 Å². The largest absolute Gasteiger partial charge is 0.305 e. The summed E-state index contributed by atoms with van der Waals surface area (Å²) in [4.78, 5) is 4.48. The summed E-state index contributed by atoms with van der Waals surface area (Å²) in [6.07, 6.45) is 1.85. The first-order chi connectivity index (χ1) is 9.11. The molecule has 2 aromatic rings. The minimum Gasteiger partial charge on any atom is -0.305 e. The lowest BCUT2D eigenvalue weighted by atomic mass is 10.0. The summed E-state index contributed by atoms with van der Waals surface area (Å²) < 4.78 is 0. The highest BCUT2D eigenvalue weighted by Gasteiger charge is 2.15. The van der Waals surface area contributed by atoms with Gasteiger partial charge in [-0.05, 0) is 55.3 Å². The molecule has 0 amide bonds. The van der Waals surface area contributed by atoms with Gasteiger partial charge < -0.3 is 5.32 Å². The molecule has 1 unspecified atom stereocenters. The molecule has 1 N–H and O–H groups in total. The second-order valence-corrected chi connectivity index (χ2v) is 5.16. The number of aryl methyl sites for hydroxylation is 2. The molecule has 2 nitrogen and oxygen atoms in total. The number of aromatic nitrogens is 1. The molecular formula is C16H19ClN2. The third kappa shape index (κ3) is 3.34. The lowest BCUT2D eigenvalue weighted by Gasteiger charge is -2.19. The van der Waals surface area contributed by atoms with Crippen LogP contribution in [0.25, 0.3) is 0 Å². The van der Waals surface area contributed by atoms with Crippen LogP contribution in [0.4, 0.5) is 0 Å². The van der Waals surface area contributed by atoms with Crippen LogP contribution in [0, 0.1) is 13.8 Å². The molecule has 0 radical (unpaired) electrons. The Morgan fingerprint density at radius 1 is 1.21 bits per heavy atom. The second kappa shape index (κ2) is 6.18. The second-order valence-electron chi connectivity index (χ2n) is 4.76. The number of benzene rings is 1. The topological polar surface area (TPSA) is 24.9 Å². The molecule has 19 heavy (non-hydrogen) atoms. The van der Waals surface area contributed by atoms with Gasteiger partial charge in [-0.1, -0.05) is 30.7 Å². The fraction of sp³-hybridized carbons (Fsp3) is 0.312. The molecule has 0 saturated carbocycles. The van der Waals surface area contributed by atoms with Crippen LogP contribution in [0.2, 0.25) is 5.02 Å². The molecule has 0 aliphatic rings. The van der Waals surface area contributed by atoms with E-state index in [-0.39, 0.29) is 6.04 Å². The summed E-state index contributed by atoms with van der Waals surface area (Å²) in [6.45, 7) is 7.07. The van der Waals surface area contributed by atoms with Crippen molar-refractivity contribution in [1.29, 1.82) is 0 Å². The van der Waals surface area contributed by atoms with E-state index in [2.05, 4.69) is 42.3 Å². The monoisotopic (exact) mass is 274 g/mol. The number of halogens is 1. The zero-order valence-corrected chi connectivity index (χ0v) is 12.3. The molecule has 2 rings (SSSR count). The Hall–Kier alpha value is -1.38. The summed E-state index contributed by atoms with van der Waals surface area (Å²) in [6, 6.07) is 10.4. The van der Waals surface area contributed by atoms with E-state index >= 15 is 0 Å². The van der Waals surface area contributed by atoms with E-state index in [9.17, 15) is 0 Å². The van der Waals surface area contributed by atoms with Crippen molar-refractivity contribution < 1.29 is 0 Å². The van der Waals surface area contributed by atoms with E-state index in [1.165, 1.54) is 5.56 Å². The molecule has 0 saturated heterocycles. The lowest BCUT2D eigenvalue weighted by Crippen LogP contribution is -2.23. The van der Waals surface area contributed by atoms with Gasteiger partial charge in [0.1, 0.15) is 0 Å². The van der Waals surface area contributed by atoms with E-state index < -0.39 is 0 Å². The van der Waals surface area contributed by atoms with Gasteiger partial charge in [-0.2, -0.15) is 0 Å². The first-order valence-electron chi connectivity index (χ1n) is 6.53. The Morgan fingerprint density at radius 2 is 2.00 bits per heavy atom. The number of nitrogens with zero attached hydrogens (tertiary/aromatic N) is 1. The van der Waals surface area contributed by atoms with Crippen LogP contribution < -0.4 is 5.32 Å². The molecule has 0 spiro atoms. The van der Waals surface area contributed by atoms with Gasteiger partial charge in [-0.25, -0.2) is 0 Å². The molecule has 1 aromatic heterocycles. The highest BCUT2D eigenvalue weighted by Crippen LogP contribution is 2.25. The standard InChI is InChI=1S/C16H19ClN2/c1-4-18-16(15-9-11(2)7-8-19-15)13-6-5-12(3)14(17)10-13/h5-10,16,18H,4H2,1-3H3. The Bertz CT molecular complexity index is 566. The number of hydrogen-bond acceptors (Lipinski definition) is 2. The van der Waals surface area contributed by atoms with Crippen molar-refractivity contribution >= 4 is 11.6 Å². The minimum absolute atomic E-state index is 0.0861. The van der Waals surface area contributed by atoms with Crippen LogP contribution in [0.1, 0.15) is 35.3 Å².